The Morgan fingerprint density at radius 3 is 2.61 bits per heavy atom. The molecule has 0 bridgehead atoms. The van der Waals surface area contributed by atoms with Crippen LogP contribution in [0.4, 0.5) is 0 Å². The quantitative estimate of drug-likeness (QED) is 0.682. The van der Waals surface area contributed by atoms with Gasteiger partial charge in [-0.15, -0.1) is 0 Å². The second kappa shape index (κ2) is 5.58. The average molecular weight is 333 g/mol. The molecule has 0 saturated heterocycles. The number of rotatable bonds is 4. The maximum atomic E-state index is 12.5. The normalized spacial score (nSPS) is 11.6. The van der Waals surface area contributed by atoms with E-state index in [-0.39, 0.29) is 16.4 Å². The summed E-state index contributed by atoms with van der Waals surface area (Å²) in [4.78, 5) is 4.14. The molecule has 0 aliphatic heterocycles. The zero-order chi connectivity index (χ0) is 16.6. The lowest BCUT2D eigenvalue weighted by atomic mass is 10.2. The number of benzene rings is 2. The maximum absolute atomic E-state index is 12.5. The Morgan fingerprint density at radius 2 is 1.87 bits per heavy atom. The second-order valence-corrected chi connectivity index (χ2v) is 6.57. The van der Waals surface area contributed by atoms with Gasteiger partial charge in [0, 0.05) is 13.0 Å². The van der Waals surface area contributed by atoms with Crippen molar-refractivity contribution in [3.05, 3.63) is 47.9 Å². The Kier molecular flexibility index (Phi) is 3.73. The van der Waals surface area contributed by atoms with Gasteiger partial charge in [-0.05, 0) is 36.8 Å². The molecular formula is C16H15NO5S. The smallest absolute Gasteiger partial charge is 0.342 e. The van der Waals surface area contributed by atoms with E-state index in [2.05, 4.69) is 4.98 Å². The van der Waals surface area contributed by atoms with E-state index in [0.717, 1.165) is 5.56 Å². The first-order valence-electron chi connectivity index (χ1n) is 6.85. The first-order valence-corrected chi connectivity index (χ1v) is 8.26. The van der Waals surface area contributed by atoms with Crippen molar-refractivity contribution in [2.75, 3.05) is 7.11 Å². The van der Waals surface area contributed by atoms with Gasteiger partial charge in [0.2, 0.25) is 0 Å². The molecular weight excluding hydrogens is 318 g/mol. The summed E-state index contributed by atoms with van der Waals surface area (Å²) >= 11 is 0. The summed E-state index contributed by atoms with van der Waals surface area (Å²) < 4.78 is 40.7. The third-order valence-corrected chi connectivity index (χ3v) is 4.53. The SMILES string of the molecule is COc1ccc(C)cc1S(=O)(=O)Oc1ccc2oc(C)nc2c1. The van der Waals surface area contributed by atoms with Crippen molar-refractivity contribution in [3.63, 3.8) is 0 Å². The molecule has 0 N–H and O–H groups in total. The van der Waals surface area contributed by atoms with Crippen LogP contribution in [0.5, 0.6) is 11.5 Å². The fourth-order valence-electron chi connectivity index (χ4n) is 2.23. The average Bonchev–Trinajstić information content (AvgIpc) is 2.86. The van der Waals surface area contributed by atoms with Crippen molar-refractivity contribution in [2.24, 2.45) is 0 Å². The molecule has 0 aliphatic rings. The predicted octanol–water partition coefficient (Wildman–Crippen LogP) is 3.22. The summed E-state index contributed by atoms with van der Waals surface area (Å²) in [5.41, 5.74) is 1.89. The lowest BCUT2D eigenvalue weighted by Crippen LogP contribution is -2.11. The van der Waals surface area contributed by atoms with Crippen LogP contribution in [0.2, 0.25) is 0 Å². The van der Waals surface area contributed by atoms with E-state index in [4.69, 9.17) is 13.3 Å². The Bertz CT molecular complexity index is 975. The van der Waals surface area contributed by atoms with Gasteiger partial charge in [0.05, 0.1) is 7.11 Å². The van der Waals surface area contributed by atoms with E-state index in [0.29, 0.717) is 17.0 Å². The molecule has 1 heterocycles. The molecule has 120 valence electrons. The van der Waals surface area contributed by atoms with Crippen molar-refractivity contribution in [3.8, 4) is 11.5 Å². The summed E-state index contributed by atoms with van der Waals surface area (Å²) in [7, 11) is -2.61. The van der Waals surface area contributed by atoms with Crippen LogP contribution < -0.4 is 8.92 Å². The lowest BCUT2D eigenvalue weighted by molar-refractivity contribution is 0.398. The zero-order valence-electron chi connectivity index (χ0n) is 12.9. The number of fused-ring (bicyclic) bond motifs is 1. The van der Waals surface area contributed by atoms with Gasteiger partial charge in [-0.2, -0.15) is 8.42 Å². The topological polar surface area (TPSA) is 78.6 Å². The lowest BCUT2D eigenvalue weighted by Gasteiger charge is -2.11. The summed E-state index contributed by atoms with van der Waals surface area (Å²) in [5, 5.41) is 0. The van der Waals surface area contributed by atoms with E-state index in [1.54, 1.807) is 32.0 Å². The maximum Gasteiger partial charge on any atom is 0.342 e. The molecule has 0 amide bonds. The summed E-state index contributed by atoms with van der Waals surface area (Å²) in [6.45, 7) is 3.51. The molecule has 0 aliphatic carbocycles. The summed E-state index contributed by atoms with van der Waals surface area (Å²) in [5.74, 6) is 0.892. The van der Waals surface area contributed by atoms with Gasteiger partial charge < -0.3 is 13.3 Å². The zero-order valence-corrected chi connectivity index (χ0v) is 13.7. The molecule has 0 saturated carbocycles. The minimum atomic E-state index is -4.02. The Labute approximate surface area is 133 Å². The first-order chi connectivity index (χ1) is 10.9. The van der Waals surface area contributed by atoms with Crippen molar-refractivity contribution in [1.29, 1.82) is 0 Å². The third kappa shape index (κ3) is 3.00. The van der Waals surface area contributed by atoms with Crippen LogP contribution in [0, 0.1) is 13.8 Å². The molecule has 0 spiro atoms. The first kappa shape index (κ1) is 15.4. The van der Waals surface area contributed by atoms with Gasteiger partial charge >= 0.3 is 10.1 Å². The molecule has 0 unspecified atom stereocenters. The monoisotopic (exact) mass is 333 g/mol. The van der Waals surface area contributed by atoms with Crippen LogP contribution >= 0.6 is 0 Å². The molecule has 23 heavy (non-hydrogen) atoms. The highest BCUT2D eigenvalue weighted by molar-refractivity contribution is 7.87. The number of hydrogen-bond acceptors (Lipinski definition) is 6. The number of hydrogen-bond donors (Lipinski definition) is 0. The van der Waals surface area contributed by atoms with E-state index >= 15 is 0 Å². The number of oxazole rings is 1. The van der Waals surface area contributed by atoms with Crippen molar-refractivity contribution in [2.45, 2.75) is 18.7 Å². The number of methoxy groups -OCH3 is 1. The number of ether oxygens (including phenoxy) is 1. The molecule has 2 aromatic carbocycles. The number of aromatic nitrogens is 1. The summed E-state index contributed by atoms with van der Waals surface area (Å²) in [6.07, 6.45) is 0. The Hall–Kier alpha value is -2.54. The minimum absolute atomic E-state index is 0.0172. The molecule has 0 radical (unpaired) electrons. The van der Waals surface area contributed by atoms with E-state index in [1.807, 2.05) is 0 Å². The third-order valence-electron chi connectivity index (χ3n) is 3.26. The molecule has 3 aromatic rings. The van der Waals surface area contributed by atoms with Crippen LogP contribution in [-0.4, -0.2) is 20.5 Å². The highest BCUT2D eigenvalue weighted by Gasteiger charge is 2.22. The molecule has 6 nitrogen and oxygen atoms in total. The van der Waals surface area contributed by atoms with Gasteiger partial charge in [0.15, 0.2) is 11.5 Å². The summed E-state index contributed by atoms with van der Waals surface area (Å²) in [6, 6.07) is 9.52. The minimum Gasteiger partial charge on any atom is -0.495 e. The second-order valence-electron chi connectivity index (χ2n) is 5.05. The predicted molar refractivity (Wildman–Crippen MR) is 84.3 cm³/mol. The van der Waals surface area contributed by atoms with E-state index in [1.165, 1.54) is 25.3 Å². The Balaban J connectivity index is 2.01. The number of nitrogens with zero attached hydrogens (tertiary/aromatic N) is 1. The molecule has 0 fully saturated rings. The van der Waals surface area contributed by atoms with Crippen LogP contribution in [0.3, 0.4) is 0 Å². The Morgan fingerprint density at radius 1 is 1.09 bits per heavy atom. The van der Waals surface area contributed by atoms with Gasteiger partial charge in [-0.25, -0.2) is 4.98 Å². The molecule has 1 aromatic heterocycles. The van der Waals surface area contributed by atoms with Crippen molar-refractivity contribution >= 4 is 21.2 Å². The van der Waals surface area contributed by atoms with Crippen molar-refractivity contribution < 1.29 is 21.8 Å². The largest absolute Gasteiger partial charge is 0.495 e. The van der Waals surface area contributed by atoms with Gasteiger partial charge in [0.1, 0.15) is 21.9 Å². The molecule has 3 rings (SSSR count). The van der Waals surface area contributed by atoms with E-state index < -0.39 is 10.1 Å². The van der Waals surface area contributed by atoms with E-state index in [9.17, 15) is 8.42 Å². The van der Waals surface area contributed by atoms with Gasteiger partial charge in [-0.3, -0.25) is 0 Å². The number of aryl methyl sites for hydroxylation is 2. The molecule has 7 heteroatoms. The fraction of sp³-hybridized carbons (Fsp3) is 0.188. The van der Waals surface area contributed by atoms with Gasteiger partial charge in [-0.1, -0.05) is 6.07 Å². The van der Waals surface area contributed by atoms with Crippen LogP contribution in [0.1, 0.15) is 11.5 Å². The van der Waals surface area contributed by atoms with Crippen molar-refractivity contribution in [1.82, 2.24) is 4.98 Å². The van der Waals surface area contributed by atoms with Crippen LogP contribution in [0.25, 0.3) is 11.1 Å². The molecule has 0 atom stereocenters. The standard InChI is InChI=1S/C16H15NO5S/c1-10-4-6-15(20-3)16(8-10)23(18,19)22-12-5-7-14-13(9-12)17-11(2)21-14/h4-9H,1-3H3. The van der Waals surface area contributed by atoms with Crippen LogP contribution in [0.15, 0.2) is 45.7 Å². The highest BCUT2D eigenvalue weighted by atomic mass is 32.2. The van der Waals surface area contributed by atoms with Crippen LogP contribution in [-0.2, 0) is 10.1 Å². The van der Waals surface area contributed by atoms with Gasteiger partial charge in [0.25, 0.3) is 0 Å². The fourth-order valence-corrected chi connectivity index (χ4v) is 3.40. The highest BCUT2D eigenvalue weighted by Crippen LogP contribution is 2.29.